The molecule has 1 aliphatic heterocycles. The number of amides is 1. The molecule has 0 aliphatic carbocycles. The molecule has 4 heteroatoms. The number of carbonyl (C=O) groups is 1. The van der Waals surface area contributed by atoms with Crippen LogP contribution in [0.5, 0.6) is 0 Å². The number of aromatic nitrogens is 2. The molecule has 1 amide bonds. The van der Waals surface area contributed by atoms with Crippen LogP contribution in [-0.2, 0) is 6.54 Å². The molecular weight excluding hydrogens is 286 g/mol. The van der Waals surface area contributed by atoms with Crippen molar-refractivity contribution in [1.29, 1.82) is 0 Å². The summed E-state index contributed by atoms with van der Waals surface area (Å²) in [6, 6.07) is 10.3. The summed E-state index contributed by atoms with van der Waals surface area (Å²) in [7, 11) is 0. The van der Waals surface area contributed by atoms with Crippen LogP contribution in [-0.4, -0.2) is 33.7 Å². The van der Waals surface area contributed by atoms with E-state index in [4.69, 9.17) is 0 Å². The number of rotatable bonds is 3. The Labute approximate surface area is 138 Å². The van der Waals surface area contributed by atoms with Crippen LogP contribution in [0.15, 0.2) is 30.3 Å². The molecule has 1 fully saturated rings. The highest BCUT2D eigenvalue weighted by molar-refractivity contribution is 5.96. The van der Waals surface area contributed by atoms with Gasteiger partial charge < -0.3 is 4.90 Å². The van der Waals surface area contributed by atoms with Crippen molar-refractivity contribution in [2.75, 3.05) is 13.1 Å². The predicted molar refractivity (Wildman–Crippen MR) is 91.6 cm³/mol. The molecule has 0 spiro atoms. The second-order valence-electron chi connectivity index (χ2n) is 6.40. The van der Waals surface area contributed by atoms with Crippen LogP contribution in [0, 0.1) is 13.8 Å². The molecule has 1 aliphatic rings. The Morgan fingerprint density at radius 2 is 1.70 bits per heavy atom. The topological polar surface area (TPSA) is 38.1 Å². The second kappa shape index (κ2) is 6.99. The van der Waals surface area contributed by atoms with Gasteiger partial charge in [0.15, 0.2) is 0 Å². The van der Waals surface area contributed by atoms with Crippen LogP contribution < -0.4 is 0 Å². The van der Waals surface area contributed by atoms with Crippen molar-refractivity contribution in [1.82, 2.24) is 14.7 Å². The van der Waals surface area contributed by atoms with Crippen LogP contribution >= 0.6 is 0 Å². The van der Waals surface area contributed by atoms with Crippen LogP contribution in [0.4, 0.5) is 0 Å². The lowest BCUT2D eigenvalue weighted by atomic mass is 10.1. The van der Waals surface area contributed by atoms with Crippen LogP contribution in [0.2, 0.25) is 0 Å². The number of carbonyl (C=O) groups excluding carboxylic acids is 1. The molecule has 23 heavy (non-hydrogen) atoms. The largest absolute Gasteiger partial charge is 0.339 e. The van der Waals surface area contributed by atoms with Gasteiger partial charge in [0.25, 0.3) is 5.91 Å². The van der Waals surface area contributed by atoms with Gasteiger partial charge in [-0.3, -0.25) is 9.48 Å². The zero-order valence-electron chi connectivity index (χ0n) is 14.1. The Kier molecular flexibility index (Phi) is 4.79. The van der Waals surface area contributed by atoms with E-state index in [2.05, 4.69) is 17.2 Å². The van der Waals surface area contributed by atoms with Crippen molar-refractivity contribution >= 4 is 5.91 Å². The lowest BCUT2D eigenvalue weighted by Gasteiger charge is -2.20. The maximum atomic E-state index is 12.9. The van der Waals surface area contributed by atoms with E-state index in [1.165, 1.54) is 18.4 Å². The van der Waals surface area contributed by atoms with Gasteiger partial charge in [0.05, 0.1) is 17.8 Å². The molecule has 3 rings (SSSR count). The lowest BCUT2D eigenvalue weighted by Crippen LogP contribution is -2.32. The normalized spacial score (nSPS) is 15.5. The van der Waals surface area contributed by atoms with E-state index in [0.29, 0.717) is 6.54 Å². The zero-order valence-corrected chi connectivity index (χ0v) is 14.1. The molecular formula is C19H25N3O. The SMILES string of the molecule is Cc1nn(Cc2ccccc2)c(C)c1C(=O)N1CCCCCC1. The summed E-state index contributed by atoms with van der Waals surface area (Å²) in [4.78, 5) is 14.9. The summed E-state index contributed by atoms with van der Waals surface area (Å²) in [5.74, 6) is 0.154. The molecule has 122 valence electrons. The first-order valence-electron chi connectivity index (χ1n) is 8.54. The molecule has 1 saturated heterocycles. The summed E-state index contributed by atoms with van der Waals surface area (Å²) in [5, 5.41) is 4.61. The van der Waals surface area contributed by atoms with E-state index in [0.717, 1.165) is 42.9 Å². The van der Waals surface area contributed by atoms with Gasteiger partial charge in [-0.2, -0.15) is 5.10 Å². The lowest BCUT2D eigenvalue weighted by molar-refractivity contribution is 0.0760. The van der Waals surface area contributed by atoms with Gasteiger partial charge in [-0.1, -0.05) is 43.2 Å². The minimum absolute atomic E-state index is 0.154. The zero-order chi connectivity index (χ0) is 16.2. The van der Waals surface area contributed by atoms with Crippen molar-refractivity contribution in [3.8, 4) is 0 Å². The highest BCUT2D eigenvalue weighted by atomic mass is 16.2. The summed E-state index contributed by atoms with van der Waals surface area (Å²) in [6.45, 7) is 6.41. The summed E-state index contributed by atoms with van der Waals surface area (Å²) in [6.07, 6.45) is 4.69. The average Bonchev–Trinajstić information content (AvgIpc) is 2.76. The quantitative estimate of drug-likeness (QED) is 0.869. The Morgan fingerprint density at radius 1 is 1.04 bits per heavy atom. The summed E-state index contributed by atoms with van der Waals surface area (Å²) >= 11 is 0. The first kappa shape index (κ1) is 15.8. The molecule has 1 aromatic heterocycles. The van der Waals surface area contributed by atoms with Crippen molar-refractivity contribution in [3.05, 3.63) is 52.8 Å². The van der Waals surface area contributed by atoms with Gasteiger partial charge in [-0.05, 0) is 32.3 Å². The molecule has 2 heterocycles. The minimum atomic E-state index is 0.154. The van der Waals surface area contributed by atoms with E-state index >= 15 is 0 Å². The predicted octanol–water partition coefficient (Wildman–Crippen LogP) is 3.56. The van der Waals surface area contributed by atoms with Crippen molar-refractivity contribution in [3.63, 3.8) is 0 Å². The van der Waals surface area contributed by atoms with E-state index in [9.17, 15) is 4.79 Å². The van der Waals surface area contributed by atoms with E-state index < -0.39 is 0 Å². The third-order valence-electron chi connectivity index (χ3n) is 4.66. The van der Waals surface area contributed by atoms with Crippen molar-refractivity contribution in [2.45, 2.75) is 46.1 Å². The Bertz CT molecular complexity index is 667. The van der Waals surface area contributed by atoms with Crippen LogP contribution in [0.1, 0.15) is 53.0 Å². The molecule has 0 unspecified atom stereocenters. The summed E-state index contributed by atoms with van der Waals surface area (Å²) < 4.78 is 1.95. The van der Waals surface area contributed by atoms with E-state index in [1.807, 2.05) is 41.6 Å². The van der Waals surface area contributed by atoms with E-state index in [1.54, 1.807) is 0 Å². The average molecular weight is 311 g/mol. The maximum Gasteiger partial charge on any atom is 0.257 e. The summed E-state index contributed by atoms with van der Waals surface area (Å²) in [5.41, 5.74) is 3.81. The highest BCUT2D eigenvalue weighted by Gasteiger charge is 2.24. The highest BCUT2D eigenvalue weighted by Crippen LogP contribution is 2.19. The van der Waals surface area contributed by atoms with Gasteiger partial charge in [0, 0.05) is 18.8 Å². The third kappa shape index (κ3) is 3.46. The fourth-order valence-electron chi connectivity index (χ4n) is 3.35. The molecule has 0 N–H and O–H groups in total. The Balaban J connectivity index is 1.83. The monoisotopic (exact) mass is 311 g/mol. The molecule has 2 aromatic rings. The fraction of sp³-hybridized carbons (Fsp3) is 0.474. The molecule has 4 nitrogen and oxygen atoms in total. The Hall–Kier alpha value is -2.10. The second-order valence-corrected chi connectivity index (χ2v) is 6.40. The smallest absolute Gasteiger partial charge is 0.257 e. The number of benzene rings is 1. The van der Waals surface area contributed by atoms with Crippen molar-refractivity contribution in [2.24, 2.45) is 0 Å². The van der Waals surface area contributed by atoms with Gasteiger partial charge in [-0.15, -0.1) is 0 Å². The maximum absolute atomic E-state index is 12.9. The molecule has 0 atom stereocenters. The number of hydrogen-bond donors (Lipinski definition) is 0. The van der Waals surface area contributed by atoms with Gasteiger partial charge in [-0.25, -0.2) is 0 Å². The molecule has 0 bridgehead atoms. The number of hydrogen-bond acceptors (Lipinski definition) is 2. The fourth-order valence-corrected chi connectivity index (χ4v) is 3.35. The van der Waals surface area contributed by atoms with Gasteiger partial charge in [0.2, 0.25) is 0 Å². The number of nitrogens with zero attached hydrogens (tertiary/aromatic N) is 3. The first-order chi connectivity index (χ1) is 11.2. The van der Waals surface area contributed by atoms with Crippen LogP contribution in [0.25, 0.3) is 0 Å². The number of likely N-dealkylation sites (tertiary alicyclic amines) is 1. The third-order valence-corrected chi connectivity index (χ3v) is 4.66. The first-order valence-corrected chi connectivity index (χ1v) is 8.54. The van der Waals surface area contributed by atoms with Crippen LogP contribution in [0.3, 0.4) is 0 Å². The molecule has 0 radical (unpaired) electrons. The number of aryl methyl sites for hydroxylation is 1. The van der Waals surface area contributed by atoms with Gasteiger partial charge in [0.1, 0.15) is 0 Å². The minimum Gasteiger partial charge on any atom is -0.339 e. The molecule has 0 saturated carbocycles. The van der Waals surface area contributed by atoms with Gasteiger partial charge >= 0.3 is 0 Å². The Morgan fingerprint density at radius 3 is 2.35 bits per heavy atom. The standard InChI is InChI=1S/C19H25N3O/c1-15-18(19(23)21-12-8-3-4-9-13-21)16(2)22(20-15)14-17-10-6-5-7-11-17/h5-7,10-11H,3-4,8-9,12-14H2,1-2H3. The van der Waals surface area contributed by atoms with E-state index in [-0.39, 0.29) is 5.91 Å². The van der Waals surface area contributed by atoms with Crippen molar-refractivity contribution < 1.29 is 4.79 Å². The molecule has 1 aromatic carbocycles.